The third-order valence-corrected chi connectivity index (χ3v) is 2.97. The summed E-state index contributed by atoms with van der Waals surface area (Å²) in [6, 6.07) is 5.00. The fraction of sp³-hybridized carbons (Fsp3) is 0. The topological polar surface area (TPSA) is 141 Å². The Morgan fingerprint density at radius 3 is 1.54 bits per heavy atom. The van der Waals surface area contributed by atoms with Crippen LogP contribution in [0.25, 0.3) is 0 Å². The molecule has 0 spiro atoms. The zero-order chi connectivity index (χ0) is 20.0. The molecular weight excluding hydrogens is 382 g/mol. The second kappa shape index (κ2) is 8.58. The van der Waals surface area contributed by atoms with Gasteiger partial charge in [-0.05, 0) is 23.7 Å². The highest BCUT2D eigenvalue weighted by molar-refractivity contribution is 6.67. The normalized spacial score (nSPS) is 9.65. The lowest BCUT2D eigenvalue weighted by atomic mass is 10.2. The quantitative estimate of drug-likeness (QED) is 0.479. The minimum Gasteiger partial charge on any atom is -0.478 e. The van der Waals surface area contributed by atoms with Gasteiger partial charge in [-0.25, -0.2) is 13.6 Å². The molecule has 0 radical (unpaired) electrons. The molecule has 0 saturated heterocycles. The van der Waals surface area contributed by atoms with Crippen molar-refractivity contribution in [3.05, 3.63) is 79.4 Å². The number of carboxylic acid groups (broad SMARTS) is 1. The Morgan fingerprint density at radius 1 is 0.885 bits per heavy atom. The summed E-state index contributed by atoms with van der Waals surface area (Å²) in [4.78, 5) is 39.5. The molecule has 2 rings (SSSR count). The van der Waals surface area contributed by atoms with Crippen LogP contribution < -0.4 is 0 Å². The van der Waals surface area contributed by atoms with Crippen LogP contribution in [0.3, 0.4) is 0 Å². The molecule has 12 heteroatoms. The maximum absolute atomic E-state index is 12.9. The first-order chi connectivity index (χ1) is 12.0. The molecule has 0 aliphatic rings. The van der Waals surface area contributed by atoms with E-state index in [9.17, 15) is 38.6 Å². The van der Waals surface area contributed by atoms with Gasteiger partial charge in [-0.2, -0.15) is 0 Å². The number of carbonyl (C=O) groups excluding carboxylic acids is 1. The van der Waals surface area contributed by atoms with Crippen molar-refractivity contribution in [2.24, 2.45) is 0 Å². The number of nitro benzene ring substituents is 2. The van der Waals surface area contributed by atoms with Gasteiger partial charge in [0.1, 0.15) is 11.6 Å². The maximum atomic E-state index is 12.9. The molecule has 0 atom stereocenters. The number of hydrogen-bond donors (Lipinski definition) is 1. The third kappa shape index (κ3) is 5.27. The number of nitro groups is 2. The van der Waals surface area contributed by atoms with Crippen LogP contribution in [-0.2, 0) is 0 Å². The predicted octanol–water partition coefficient (Wildman–Crippen LogP) is 3.55. The van der Waals surface area contributed by atoms with Crippen molar-refractivity contribution in [3.63, 3.8) is 0 Å². The summed E-state index contributed by atoms with van der Waals surface area (Å²) < 4.78 is 25.6. The largest absolute Gasteiger partial charge is 0.478 e. The minimum absolute atomic E-state index is 0.368. The van der Waals surface area contributed by atoms with Gasteiger partial charge in [-0.1, -0.05) is 0 Å². The number of aromatic carboxylic acids is 1. The second-order valence-electron chi connectivity index (χ2n) is 4.42. The van der Waals surface area contributed by atoms with Crippen LogP contribution in [0.15, 0.2) is 36.4 Å². The Bertz CT molecular complexity index is 831. The maximum Gasteiger partial charge on any atom is 0.338 e. The molecule has 0 unspecified atom stereocenters. The SMILES string of the molecule is O=C(Cl)c1ccc([N+](=O)[O-])cc1F.O=C(O)c1ccc([N+](=O)[O-])cc1F. The zero-order valence-corrected chi connectivity index (χ0v) is 13.1. The zero-order valence-electron chi connectivity index (χ0n) is 12.4. The third-order valence-electron chi connectivity index (χ3n) is 2.77. The average Bonchev–Trinajstić information content (AvgIpc) is 2.54. The van der Waals surface area contributed by atoms with E-state index in [0.29, 0.717) is 12.1 Å². The molecule has 9 nitrogen and oxygen atoms in total. The summed E-state index contributed by atoms with van der Waals surface area (Å²) in [6.45, 7) is 0. The van der Waals surface area contributed by atoms with Crippen LogP contribution in [0, 0.1) is 31.9 Å². The molecule has 1 N–H and O–H groups in total. The van der Waals surface area contributed by atoms with Crippen LogP contribution in [0.5, 0.6) is 0 Å². The molecule has 0 saturated carbocycles. The molecule has 2 aromatic carbocycles. The summed E-state index contributed by atoms with van der Waals surface area (Å²) in [5.41, 5.74) is -1.83. The number of halogens is 3. The van der Waals surface area contributed by atoms with Gasteiger partial charge in [0, 0.05) is 12.1 Å². The summed E-state index contributed by atoms with van der Waals surface area (Å²) in [5.74, 6) is -3.55. The van der Waals surface area contributed by atoms with E-state index in [0.717, 1.165) is 24.3 Å². The summed E-state index contributed by atoms with van der Waals surface area (Å²) in [6.07, 6.45) is 0. The lowest BCUT2D eigenvalue weighted by molar-refractivity contribution is -0.385. The van der Waals surface area contributed by atoms with E-state index in [-0.39, 0.29) is 5.56 Å². The van der Waals surface area contributed by atoms with E-state index >= 15 is 0 Å². The number of nitrogens with zero attached hydrogens (tertiary/aromatic N) is 2. The first-order valence-corrected chi connectivity index (χ1v) is 6.73. The molecule has 0 amide bonds. The minimum atomic E-state index is -1.45. The van der Waals surface area contributed by atoms with Crippen LogP contribution >= 0.6 is 11.6 Å². The molecule has 0 fully saturated rings. The summed E-state index contributed by atoms with van der Waals surface area (Å²) in [5, 5.41) is 27.7. The number of rotatable bonds is 4. The molecule has 2 aromatic rings. The summed E-state index contributed by atoms with van der Waals surface area (Å²) >= 11 is 4.99. The van der Waals surface area contributed by atoms with Crippen molar-refractivity contribution in [1.29, 1.82) is 0 Å². The van der Waals surface area contributed by atoms with Crippen molar-refractivity contribution in [2.75, 3.05) is 0 Å². The van der Waals surface area contributed by atoms with Crippen LogP contribution in [-0.4, -0.2) is 26.2 Å². The Morgan fingerprint density at radius 2 is 1.27 bits per heavy atom. The van der Waals surface area contributed by atoms with E-state index in [1.165, 1.54) is 0 Å². The fourth-order valence-corrected chi connectivity index (χ4v) is 1.72. The number of non-ortho nitro benzene ring substituents is 2. The average molecular weight is 389 g/mol. The van der Waals surface area contributed by atoms with Crippen molar-refractivity contribution >= 4 is 34.2 Å². The first-order valence-electron chi connectivity index (χ1n) is 6.35. The van der Waals surface area contributed by atoms with Gasteiger partial charge in [-0.3, -0.25) is 25.0 Å². The van der Waals surface area contributed by atoms with Crippen molar-refractivity contribution < 1.29 is 33.3 Å². The van der Waals surface area contributed by atoms with Crippen LogP contribution in [0.4, 0.5) is 20.2 Å². The molecule has 136 valence electrons. The predicted molar refractivity (Wildman–Crippen MR) is 83.3 cm³/mol. The van der Waals surface area contributed by atoms with E-state index in [1.54, 1.807) is 0 Å². The number of carbonyl (C=O) groups is 2. The lowest BCUT2D eigenvalue weighted by Gasteiger charge is -1.95. The van der Waals surface area contributed by atoms with E-state index in [2.05, 4.69) is 0 Å². The Kier molecular flexibility index (Phi) is 6.79. The number of benzene rings is 2. The van der Waals surface area contributed by atoms with Gasteiger partial charge >= 0.3 is 5.97 Å². The van der Waals surface area contributed by atoms with Gasteiger partial charge in [-0.15, -0.1) is 0 Å². The smallest absolute Gasteiger partial charge is 0.338 e. The molecule has 26 heavy (non-hydrogen) atoms. The van der Waals surface area contributed by atoms with Gasteiger partial charge in [0.05, 0.1) is 33.1 Å². The van der Waals surface area contributed by atoms with Crippen molar-refractivity contribution in [3.8, 4) is 0 Å². The van der Waals surface area contributed by atoms with E-state index in [1.807, 2.05) is 0 Å². The Balaban J connectivity index is 0.000000260. The number of hydrogen-bond acceptors (Lipinski definition) is 6. The molecule has 0 aliphatic carbocycles. The van der Waals surface area contributed by atoms with Crippen LogP contribution in [0.2, 0.25) is 0 Å². The lowest BCUT2D eigenvalue weighted by Crippen LogP contribution is -2.01. The molecule has 0 aliphatic heterocycles. The monoisotopic (exact) mass is 388 g/mol. The highest BCUT2D eigenvalue weighted by Gasteiger charge is 2.15. The van der Waals surface area contributed by atoms with Crippen molar-refractivity contribution in [2.45, 2.75) is 0 Å². The van der Waals surface area contributed by atoms with Gasteiger partial charge in [0.25, 0.3) is 16.6 Å². The summed E-state index contributed by atoms with van der Waals surface area (Å²) in [7, 11) is 0. The van der Waals surface area contributed by atoms with Crippen LogP contribution in [0.1, 0.15) is 20.7 Å². The van der Waals surface area contributed by atoms with E-state index < -0.39 is 49.6 Å². The van der Waals surface area contributed by atoms with Gasteiger partial charge < -0.3 is 5.11 Å². The van der Waals surface area contributed by atoms with E-state index in [4.69, 9.17) is 16.7 Å². The van der Waals surface area contributed by atoms with Gasteiger partial charge in [0.2, 0.25) is 0 Å². The Hall–Kier alpha value is -3.47. The Labute approximate surface area is 147 Å². The second-order valence-corrected chi connectivity index (χ2v) is 4.76. The first kappa shape index (κ1) is 20.6. The van der Waals surface area contributed by atoms with Crippen molar-refractivity contribution in [1.82, 2.24) is 0 Å². The molecule has 0 aromatic heterocycles. The fourth-order valence-electron chi connectivity index (χ4n) is 1.57. The molecule has 0 bridgehead atoms. The highest BCUT2D eigenvalue weighted by atomic mass is 35.5. The highest BCUT2D eigenvalue weighted by Crippen LogP contribution is 2.18. The standard InChI is InChI=1S/C7H3ClFNO3.C7H4FNO4/c8-7(11)5-2-1-4(10(12)13)3-6(5)9;8-6-3-4(9(12)13)1-2-5(6)7(10)11/h1-3H;1-3H,(H,10,11). The van der Waals surface area contributed by atoms with Gasteiger partial charge in [0.15, 0.2) is 0 Å². The molecular formula is C14H7ClF2N2O7. The number of carboxylic acids is 1. The molecule has 0 heterocycles.